The average molecular weight is 186 g/mol. The summed E-state index contributed by atoms with van der Waals surface area (Å²) in [4.78, 5) is 3.13. The van der Waals surface area contributed by atoms with Gasteiger partial charge in [0.25, 0.3) is 0 Å². The number of nitrogens with one attached hydrogen (secondary N) is 1. The fraction of sp³-hybridized carbons (Fsp3) is 0.167. The van der Waals surface area contributed by atoms with Crippen LogP contribution in [0.5, 0.6) is 0 Å². The zero-order valence-corrected chi connectivity index (χ0v) is 7.98. The quantitative estimate of drug-likeness (QED) is 0.758. The first-order valence-electron chi connectivity index (χ1n) is 4.79. The molecule has 2 rings (SSSR count). The molecule has 14 heavy (non-hydrogen) atoms. The highest BCUT2D eigenvalue weighted by atomic mass is 14.8. The lowest BCUT2D eigenvalue weighted by molar-refractivity contribution is 0.702. The number of hydrogen-bond donors (Lipinski definition) is 2. The van der Waals surface area contributed by atoms with E-state index in [1.807, 2.05) is 36.5 Å². The van der Waals surface area contributed by atoms with E-state index in [2.05, 4.69) is 17.1 Å². The summed E-state index contributed by atoms with van der Waals surface area (Å²) in [5.74, 6) is 0. The largest absolute Gasteiger partial charge is 0.364 e. The molecule has 2 heteroatoms. The van der Waals surface area contributed by atoms with Crippen molar-refractivity contribution in [1.82, 2.24) is 4.98 Å². The molecule has 1 atom stereocenters. The molecule has 72 valence electrons. The normalized spacial score (nSPS) is 12.6. The van der Waals surface area contributed by atoms with E-state index in [1.54, 1.807) is 0 Å². The Morgan fingerprint density at radius 2 is 1.86 bits per heavy atom. The van der Waals surface area contributed by atoms with Crippen molar-refractivity contribution >= 4 is 0 Å². The van der Waals surface area contributed by atoms with E-state index in [0.717, 1.165) is 12.1 Å². The van der Waals surface area contributed by atoms with Crippen LogP contribution >= 0.6 is 0 Å². The first-order valence-corrected chi connectivity index (χ1v) is 4.79. The second-order valence-corrected chi connectivity index (χ2v) is 3.42. The van der Waals surface area contributed by atoms with E-state index < -0.39 is 0 Å². The van der Waals surface area contributed by atoms with Gasteiger partial charge >= 0.3 is 0 Å². The van der Waals surface area contributed by atoms with Crippen molar-refractivity contribution in [3.05, 3.63) is 59.9 Å². The van der Waals surface area contributed by atoms with E-state index in [1.165, 1.54) is 5.56 Å². The van der Waals surface area contributed by atoms with Crippen LogP contribution in [-0.4, -0.2) is 4.98 Å². The van der Waals surface area contributed by atoms with Crippen LogP contribution in [0.4, 0.5) is 0 Å². The van der Waals surface area contributed by atoms with Crippen LogP contribution in [0.15, 0.2) is 48.7 Å². The van der Waals surface area contributed by atoms with Gasteiger partial charge in [-0.25, -0.2) is 0 Å². The van der Waals surface area contributed by atoms with Crippen LogP contribution in [0.3, 0.4) is 0 Å². The highest BCUT2D eigenvalue weighted by Gasteiger charge is 2.06. The molecule has 1 aromatic heterocycles. The molecule has 0 saturated heterocycles. The summed E-state index contributed by atoms with van der Waals surface area (Å²) in [6.45, 7) is 0. The second-order valence-electron chi connectivity index (χ2n) is 3.42. The van der Waals surface area contributed by atoms with Crippen LogP contribution < -0.4 is 5.73 Å². The molecular weight excluding hydrogens is 172 g/mol. The molecule has 0 fully saturated rings. The van der Waals surface area contributed by atoms with Gasteiger partial charge in [0, 0.05) is 17.9 Å². The fourth-order valence-electron chi connectivity index (χ4n) is 1.55. The first-order chi connectivity index (χ1) is 6.86. The van der Waals surface area contributed by atoms with Crippen molar-refractivity contribution in [3.63, 3.8) is 0 Å². The third-order valence-electron chi connectivity index (χ3n) is 2.32. The van der Waals surface area contributed by atoms with Gasteiger partial charge in [-0.1, -0.05) is 30.3 Å². The molecule has 0 amide bonds. The summed E-state index contributed by atoms with van der Waals surface area (Å²) < 4.78 is 0. The average Bonchev–Trinajstić information content (AvgIpc) is 2.72. The fourth-order valence-corrected chi connectivity index (χ4v) is 1.55. The van der Waals surface area contributed by atoms with Crippen molar-refractivity contribution < 1.29 is 0 Å². The van der Waals surface area contributed by atoms with Gasteiger partial charge in [0.15, 0.2) is 0 Å². The highest BCUT2D eigenvalue weighted by Crippen LogP contribution is 2.13. The molecule has 0 bridgehead atoms. The summed E-state index contributed by atoms with van der Waals surface area (Å²) >= 11 is 0. The number of rotatable bonds is 3. The van der Waals surface area contributed by atoms with E-state index >= 15 is 0 Å². The van der Waals surface area contributed by atoms with Crippen molar-refractivity contribution in [1.29, 1.82) is 0 Å². The number of aromatic amines is 1. The predicted molar refractivity (Wildman–Crippen MR) is 57.9 cm³/mol. The van der Waals surface area contributed by atoms with Crippen LogP contribution in [0.1, 0.15) is 17.3 Å². The van der Waals surface area contributed by atoms with E-state index in [4.69, 9.17) is 5.73 Å². The summed E-state index contributed by atoms with van der Waals surface area (Å²) in [5, 5.41) is 0. The minimum atomic E-state index is 0.0624. The standard InChI is InChI=1S/C12H14N2/c13-11(12-7-4-8-14-12)9-10-5-2-1-3-6-10/h1-8,11,14H,9,13H2/t11-/m0/s1. The number of benzene rings is 1. The Labute approximate surface area is 83.8 Å². The topological polar surface area (TPSA) is 41.8 Å². The molecule has 2 nitrogen and oxygen atoms in total. The van der Waals surface area contributed by atoms with Gasteiger partial charge in [-0.2, -0.15) is 0 Å². The van der Waals surface area contributed by atoms with Crippen LogP contribution in [0.2, 0.25) is 0 Å². The molecule has 0 radical (unpaired) electrons. The van der Waals surface area contributed by atoms with Gasteiger partial charge in [0.2, 0.25) is 0 Å². The number of nitrogens with two attached hydrogens (primary N) is 1. The summed E-state index contributed by atoms with van der Waals surface area (Å²) in [6, 6.07) is 14.4. The zero-order chi connectivity index (χ0) is 9.80. The van der Waals surface area contributed by atoms with Gasteiger partial charge < -0.3 is 10.7 Å². The second kappa shape index (κ2) is 4.11. The van der Waals surface area contributed by atoms with Crippen LogP contribution in [0.25, 0.3) is 0 Å². The van der Waals surface area contributed by atoms with Crippen molar-refractivity contribution in [2.24, 2.45) is 5.73 Å². The maximum Gasteiger partial charge on any atom is 0.0488 e. The molecule has 0 spiro atoms. The van der Waals surface area contributed by atoms with E-state index in [9.17, 15) is 0 Å². The Balaban J connectivity index is 2.06. The Morgan fingerprint density at radius 3 is 2.50 bits per heavy atom. The third-order valence-corrected chi connectivity index (χ3v) is 2.32. The van der Waals surface area contributed by atoms with Crippen LogP contribution in [0, 0.1) is 0 Å². The Morgan fingerprint density at radius 1 is 1.07 bits per heavy atom. The molecule has 2 aromatic rings. The van der Waals surface area contributed by atoms with Gasteiger partial charge in [-0.05, 0) is 24.1 Å². The molecule has 0 unspecified atom stereocenters. The molecule has 1 aromatic carbocycles. The van der Waals surface area contributed by atoms with Crippen molar-refractivity contribution in [2.45, 2.75) is 12.5 Å². The number of H-pyrrole nitrogens is 1. The Kier molecular flexibility index (Phi) is 2.65. The SMILES string of the molecule is N[C@@H](Cc1ccccc1)c1ccc[nH]1. The molecule has 3 N–H and O–H groups in total. The summed E-state index contributed by atoms with van der Waals surface area (Å²) in [7, 11) is 0. The zero-order valence-electron chi connectivity index (χ0n) is 7.98. The maximum absolute atomic E-state index is 6.04. The van der Waals surface area contributed by atoms with Crippen LogP contribution in [-0.2, 0) is 6.42 Å². The molecule has 0 saturated carbocycles. The third kappa shape index (κ3) is 2.03. The van der Waals surface area contributed by atoms with Crippen molar-refractivity contribution in [3.8, 4) is 0 Å². The van der Waals surface area contributed by atoms with Gasteiger partial charge in [-0.3, -0.25) is 0 Å². The number of hydrogen-bond acceptors (Lipinski definition) is 1. The Hall–Kier alpha value is -1.54. The Bertz CT molecular complexity index is 364. The smallest absolute Gasteiger partial charge is 0.0488 e. The molecule has 0 aliphatic heterocycles. The van der Waals surface area contributed by atoms with E-state index in [-0.39, 0.29) is 6.04 Å². The van der Waals surface area contributed by atoms with Gasteiger partial charge in [0.1, 0.15) is 0 Å². The molecule has 0 aliphatic rings. The maximum atomic E-state index is 6.04. The monoisotopic (exact) mass is 186 g/mol. The first kappa shape index (κ1) is 9.03. The molecule has 1 heterocycles. The summed E-state index contributed by atoms with van der Waals surface area (Å²) in [6.07, 6.45) is 2.78. The lowest BCUT2D eigenvalue weighted by Crippen LogP contribution is -2.13. The van der Waals surface area contributed by atoms with Crippen molar-refractivity contribution in [2.75, 3.05) is 0 Å². The molecular formula is C12H14N2. The van der Waals surface area contributed by atoms with E-state index in [0.29, 0.717) is 0 Å². The van der Waals surface area contributed by atoms with Gasteiger partial charge in [-0.15, -0.1) is 0 Å². The highest BCUT2D eigenvalue weighted by molar-refractivity contribution is 5.19. The number of aromatic nitrogens is 1. The minimum absolute atomic E-state index is 0.0624. The molecule has 0 aliphatic carbocycles. The van der Waals surface area contributed by atoms with Gasteiger partial charge in [0.05, 0.1) is 0 Å². The minimum Gasteiger partial charge on any atom is -0.364 e. The summed E-state index contributed by atoms with van der Waals surface area (Å²) in [5.41, 5.74) is 8.40. The lowest BCUT2D eigenvalue weighted by Gasteiger charge is -2.09. The lowest BCUT2D eigenvalue weighted by atomic mass is 10.0. The predicted octanol–water partition coefficient (Wildman–Crippen LogP) is 2.26.